The minimum absolute atomic E-state index is 0.0684. The second-order valence-electron chi connectivity index (χ2n) is 11.2. The van der Waals surface area contributed by atoms with Gasteiger partial charge in [0.25, 0.3) is 5.97 Å². The number of ether oxygens (including phenoxy) is 4. The number of nitrogens with one attached hydrogen (secondary N) is 1. The molecule has 0 spiro atoms. The number of carbonyl (C=O) groups excluding carboxylic acids is 1. The van der Waals surface area contributed by atoms with Crippen LogP contribution in [0.1, 0.15) is 64.7 Å². The van der Waals surface area contributed by atoms with E-state index in [1.54, 1.807) is 12.1 Å². The number of amides is 1. The molecule has 1 amide bonds. The number of benzene rings is 3. The van der Waals surface area contributed by atoms with E-state index in [9.17, 15) is 9.90 Å². The van der Waals surface area contributed by atoms with Gasteiger partial charge in [-0.3, -0.25) is 9.47 Å². The zero-order valence-electron chi connectivity index (χ0n) is 23.6. The Bertz CT molecular complexity index is 1200. The number of carbonyl (C=O) groups is 1. The molecule has 39 heavy (non-hydrogen) atoms. The van der Waals surface area contributed by atoms with Gasteiger partial charge in [0.15, 0.2) is 11.4 Å². The summed E-state index contributed by atoms with van der Waals surface area (Å²) in [6.45, 7) is 11.2. The van der Waals surface area contributed by atoms with Crippen LogP contribution in [0.4, 0.5) is 4.79 Å². The minimum atomic E-state index is -1.55. The van der Waals surface area contributed by atoms with Crippen molar-refractivity contribution in [3.05, 3.63) is 102 Å². The van der Waals surface area contributed by atoms with Crippen LogP contribution in [0, 0.1) is 5.92 Å². The fraction of sp³-hybridized carbons (Fsp3) is 0.406. The molecule has 4 rings (SSSR count). The van der Waals surface area contributed by atoms with Crippen LogP contribution in [-0.4, -0.2) is 35.1 Å². The maximum Gasteiger partial charge on any atom is 0.407 e. The van der Waals surface area contributed by atoms with Crippen LogP contribution in [0.5, 0.6) is 5.75 Å². The Kier molecular flexibility index (Phi) is 8.07. The normalized spacial score (nSPS) is 17.1. The predicted octanol–water partition coefficient (Wildman–Crippen LogP) is 6.69. The molecule has 0 saturated carbocycles. The number of hydrogen-bond donors (Lipinski definition) is 2. The highest BCUT2D eigenvalue weighted by Crippen LogP contribution is 2.53. The summed E-state index contributed by atoms with van der Waals surface area (Å²) < 4.78 is 25.5. The molecule has 1 saturated heterocycles. The Labute approximate surface area is 231 Å². The quantitative estimate of drug-likeness (QED) is 0.298. The Morgan fingerprint density at radius 2 is 1.41 bits per heavy atom. The Morgan fingerprint density at radius 1 is 0.897 bits per heavy atom. The van der Waals surface area contributed by atoms with E-state index >= 15 is 0 Å². The molecule has 1 heterocycles. The van der Waals surface area contributed by atoms with Crippen molar-refractivity contribution in [1.29, 1.82) is 0 Å². The molecule has 1 unspecified atom stereocenters. The predicted molar refractivity (Wildman–Crippen MR) is 149 cm³/mol. The largest absolute Gasteiger partial charge is 0.508 e. The summed E-state index contributed by atoms with van der Waals surface area (Å²) >= 11 is 0. The topological polar surface area (TPSA) is 86.3 Å². The van der Waals surface area contributed by atoms with Crippen LogP contribution < -0.4 is 5.32 Å². The molecule has 3 aromatic carbocycles. The minimum Gasteiger partial charge on any atom is -0.508 e. The summed E-state index contributed by atoms with van der Waals surface area (Å²) in [6.07, 6.45) is 0.0273. The van der Waals surface area contributed by atoms with Crippen LogP contribution in [0.3, 0.4) is 0 Å². The molecule has 0 aliphatic carbocycles. The highest BCUT2D eigenvalue weighted by atomic mass is 17.0. The standard InChI is InChI=1S/C32H39NO6/c1-7-23(22-33-28(35)36-29(2,3)4)32(37-30(5,6)38-32)39-31(24-16-10-8-11-17-24,25-18-12-9-13-19-25)26-20-14-15-21-27(26)34/h8-21,23,34H,7,22H2,1-6H3,(H,33,35). The van der Waals surface area contributed by atoms with Crippen molar-refractivity contribution < 1.29 is 28.8 Å². The van der Waals surface area contributed by atoms with E-state index in [2.05, 4.69) is 5.32 Å². The average molecular weight is 534 g/mol. The maximum absolute atomic E-state index is 12.5. The summed E-state index contributed by atoms with van der Waals surface area (Å²) in [4.78, 5) is 12.5. The van der Waals surface area contributed by atoms with Crippen molar-refractivity contribution >= 4 is 6.09 Å². The lowest BCUT2D eigenvalue weighted by Crippen LogP contribution is -2.68. The second kappa shape index (κ2) is 11.0. The SMILES string of the molecule is CCC(CNC(=O)OC(C)(C)C)C1(OC(c2ccccc2)(c2ccccc2)c2ccccc2O)OC(C)(C)O1. The molecule has 3 aromatic rings. The van der Waals surface area contributed by atoms with Gasteiger partial charge in [0.2, 0.25) is 0 Å². The van der Waals surface area contributed by atoms with Gasteiger partial charge in [0.1, 0.15) is 11.4 Å². The summed E-state index contributed by atoms with van der Waals surface area (Å²) in [6, 6.07) is 26.5. The lowest BCUT2D eigenvalue weighted by Gasteiger charge is -2.57. The van der Waals surface area contributed by atoms with Crippen molar-refractivity contribution in [3.8, 4) is 5.75 Å². The third kappa shape index (κ3) is 6.11. The summed E-state index contributed by atoms with van der Waals surface area (Å²) in [5, 5.41) is 14.1. The fourth-order valence-electron chi connectivity index (χ4n) is 5.01. The first kappa shape index (κ1) is 28.6. The van der Waals surface area contributed by atoms with Crippen LogP contribution in [-0.2, 0) is 24.5 Å². The summed E-state index contributed by atoms with van der Waals surface area (Å²) in [5.74, 6) is -2.83. The fourth-order valence-corrected chi connectivity index (χ4v) is 5.01. The number of phenolic OH excluding ortho intramolecular Hbond substituents is 1. The van der Waals surface area contributed by atoms with Crippen molar-refractivity contribution in [2.45, 2.75) is 70.9 Å². The molecule has 1 aliphatic rings. The molecule has 1 fully saturated rings. The monoisotopic (exact) mass is 533 g/mol. The Hall–Kier alpha value is -3.39. The van der Waals surface area contributed by atoms with Gasteiger partial charge in [0, 0.05) is 12.1 Å². The first-order valence-electron chi connectivity index (χ1n) is 13.4. The van der Waals surface area contributed by atoms with E-state index < -0.39 is 35.0 Å². The maximum atomic E-state index is 12.5. The summed E-state index contributed by atoms with van der Waals surface area (Å²) in [7, 11) is 0. The van der Waals surface area contributed by atoms with E-state index in [4.69, 9.17) is 18.9 Å². The number of phenols is 1. The van der Waals surface area contributed by atoms with Crippen LogP contribution in [0.2, 0.25) is 0 Å². The highest BCUT2D eigenvalue weighted by Gasteiger charge is 2.62. The molecule has 0 radical (unpaired) electrons. The van der Waals surface area contributed by atoms with Crippen molar-refractivity contribution in [2.75, 3.05) is 6.54 Å². The number of rotatable bonds is 9. The first-order chi connectivity index (χ1) is 18.4. The number of alkyl carbamates (subject to hydrolysis) is 1. The van der Waals surface area contributed by atoms with Gasteiger partial charge in [0.05, 0.1) is 5.92 Å². The average Bonchev–Trinajstić information content (AvgIpc) is 2.87. The number of hydrogen-bond acceptors (Lipinski definition) is 6. The molecule has 0 bridgehead atoms. The second-order valence-corrected chi connectivity index (χ2v) is 11.2. The van der Waals surface area contributed by atoms with Crippen molar-refractivity contribution in [3.63, 3.8) is 0 Å². The lowest BCUT2D eigenvalue weighted by atomic mass is 9.79. The first-order valence-corrected chi connectivity index (χ1v) is 13.4. The molecular weight excluding hydrogens is 494 g/mol. The van der Waals surface area contributed by atoms with Gasteiger partial charge in [-0.2, -0.15) is 0 Å². The van der Waals surface area contributed by atoms with Crippen LogP contribution >= 0.6 is 0 Å². The van der Waals surface area contributed by atoms with E-state index in [1.807, 2.05) is 114 Å². The van der Waals surface area contributed by atoms with E-state index in [-0.39, 0.29) is 12.3 Å². The Balaban J connectivity index is 1.85. The third-order valence-electron chi connectivity index (χ3n) is 6.60. The summed E-state index contributed by atoms with van der Waals surface area (Å²) in [5.41, 5.74) is 0.150. The molecule has 2 N–H and O–H groups in total. The molecule has 208 valence electrons. The molecule has 1 atom stereocenters. The third-order valence-corrected chi connectivity index (χ3v) is 6.60. The van der Waals surface area contributed by atoms with Gasteiger partial charge in [-0.15, -0.1) is 0 Å². The van der Waals surface area contributed by atoms with Gasteiger partial charge in [-0.25, -0.2) is 4.79 Å². The van der Waals surface area contributed by atoms with Gasteiger partial charge in [-0.1, -0.05) is 85.8 Å². The molecule has 7 nitrogen and oxygen atoms in total. The van der Waals surface area contributed by atoms with Crippen molar-refractivity contribution in [1.82, 2.24) is 5.32 Å². The van der Waals surface area contributed by atoms with E-state index in [0.29, 0.717) is 12.0 Å². The molecular formula is C32H39NO6. The lowest BCUT2D eigenvalue weighted by molar-refractivity contribution is -0.601. The van der Waals surface area contributed by atoms with Crippen LogP contribution in [0.15, 0.2) is 84.9 Å². The van der Waals surface area contributed by atoms with Gasteiger partial charge < -0.3 is 19.9 Å². The van der Waals surface area contributed by atoms with Crippen LogP contribution in [0.25, 0.3) is 0 Å². The molecule has 0 aromatic heterocycles. The zero-order valence-corrected chi connectivity index (χ0v) is 23.6. The van der Waals surface area contributed by atoms with Gasteiger partial charge in [-0.05, 0) is 58.2 Å². The number of para-hydroxylation sites is 1. The molecule has 1 aliphatic heterocycles. The Morgan fingerprint density at radius 3 is 1.87 bits per heavy atom. The molecule has 7 heteroatoms. The van der Waals surface area contributed by atoms with Crippen molar-refractivity contribution in [2.24, 2.45) is 5.92 Å². The van der Waals surface area contributed by atoms with E-state index in [0.717, 1.165) is 11.1 Å². The van der Waals surface area contributed by atoms with E-state index in [1.165, 1.54) is 0 Å². The smallest absolute Gasteiger partial charge is 0.407 e. The van der Waals surface area contributed by atoms with Gasteiger partial charge >= 0.3 is 6.09 Å². The highest BCUT2D eigenvalue weighted by molar-refractivity contribution is 5.67. The zero-order chi connectivity index (χ0) is 28.3. The number of aromatic hydroxyl groups is 1.